The summed E-state index contributed by atoms with van der Waals surface area (Å²) in [4.78, 5) is 11.6. The number of aliphatic carboxylic acids is 1. The van der Waals surface area contributed by atoms with E-state index in [0.29, 0.717) is 23.3 Å². The Kier molecular flexibility index (Phi) is 6.66. The number of carbonyl (C=O) groups is 1. The maximum atomic E-state index is 13.5. The fourth-order valence-electron chi connectivity index (χ4n) is 4.14. The molecule has 3 aromatic rings. The molecule has 0 spiro atoms. The molecule has 0 aromatic heterocycles. The molecule has 35 heavy (non-hydrogen) atoms. The molecule has 0 aliphatic carbocycles. The fraction of sp³-hybridized carbons (Fsp3) is 0.259. The number of benzene rings is 3. The minimum absolute atomic E-state index is 0.0404. The van der Waals surface area contributed by atoms with Gasteiger partial charge in [0.15, 0.2) is 0 Å². The van der Waals surface area contributed by atoms with Gasteiger partial charge in [0, 0.05) is 6.54 Å². The molecule has 0 fully saturated rings. The molecule has 0 unspecified atom stereocenters. The molecule has 0 atom stereocenters. The molecule has 4 rings (SSSR count). The lowest BCUT2D eigenvalue weighted by Crippen LogP contribution is -2.36. The Hall–Kier alpha value is -3.67. The molecule has 1 N–H and O–H groups in total. The number of carboxylic acids is 1. The van der Waals surface area contributed by atoms with Gasteiger partial charge < -0.3 is 9.84 Å². The van der Waals surface area contributed by atoms with E-state index < -0.39 is 22.5 Å². The number of sulfonamides is 1. The van der Waals surface area contributed by atoms with Crippen molar-refractivity contribution in [2.75, 3.05) is 6.54 Å². The van der Waals surface area contributed by atoms with Gasteiger partial charge in [0.1, 0.15) is 17.9 Å². The van der Waals surface area contributed by atoms with Crippen LogP contribution in [0.4, 0.5) is 0 Å². The van der Waals surface area contributed by atoms with E-state index in [0.717, 1.165) is 27.4 Å². The summed E-state index contributed by atoms with van der Waals surface area (Å²) < 4.78 is 33.9. The third-order valence-electron chi connectivity index (χ3n) is 5.97. The topological polar surface area (TPSA) is 108 Å². The number of fused-ring (bicyclic) bond motifs is 1. The van der Waals surface area contributed by atoms with Crippen molar-refractivity contribution in [2.24, 2.45) is 0 Å². The van der Waals surface area contributed by atoms with Crippen molar-refractivity contribution in [1.82, 2.24) is 4.31 Å². The van der Waals surface area contributed by atoms with Crippen LogP contribution < -0.4 is 4.74 Å². The first-order valence-electron chi connectivity index (χ1n) is 11.2. The van der Waals surface area contributed by atoms with Gasteiger partial charge in [-0.15, -0.1) is 0 Å². The lowest BCUT2D eigenvalue weighted by Gasteiger charge is -2.33. The lowest BCUT2D eigenvalue weighted by molar-refractivity contribution is -0.137. The summed E-state index contributed by atoms with van der Waals surface area (Å²) in [5.41, 5.74) is 3.25. The predicted molar refractivity (Wildman–Crippen MR) is 131 cm³/mol. The van der Waals surface area contributed by atoms with Crippen LogP contribution in [0.15, 0.2) is 71.6 Å². The molecule has 3 aromatic carbocycles. The third kappa shape index (κ3) is 5.53. The molecular formula is C27H26N2O5S. The van der Waals surface area contributed by atoms with Crippen LogP contribution in [0.25, 0.3) is 11.1 Å². The van der Waals surface area contributed by atoms with Crippen molar-refractivity contribution < 1.29 is 23.1 Å². The highest BCUT2D eigenvalue weighted by molar-refractivity contribution is 7.89. The van der Waals surface area contributed by atoms with Gasteiger partial charge in [-0.1, -0.05) is 30.3 Å². The van der Waals surface area contributed by atoms with Crippen molar-refractivity contribution in [3.05, 3.63) is 83.4 Å². The first-order valence-corrected chi connectivity index (χ1v) is 12.6. The Labute approximate surface area is 205 Å². The van der Waals surface area contributed by atoms with Gasteiger partial charge >= 0.3 is 5.97 Å². The number of ether oxygens (including phenoxy) is 1. The van der Waals surface area contributed by atoms with E-state index in [2.05, 4.69) is 6.07 Å². The van der Waals surface area contributed by atoms with E-state index in [1.165, 1.54) is 6.07 Å². The molecule has 180 valence electrons. The Balaban J connectivity index is 1.65. The highest BCUT2D eigenvalue weighted by Gasteiger charge is 2.31. The number of nitriles is 1. The van der Waals surface area contributed by atoms with Crippen molar-refractivity contribution in [3.8, 4) is 22.9 Å². The normalized spacial score (nSPS) is 14.6. The van der Waals surface area contributed by atoms with Crippen LogP contribution in [0.2, 0.25) is 0 Å². The zero-order valence-electron chi connectivity index (χ0n) is 19.6. The van der Waals surface area contributed by atoms with E-state index >= 15 is 0 Å². The summed E-state index contributed by atoms with van der Waals surface area (Å²) in [7, 11) is -4.09. The van der Waals surface area contributed by atoms with Crippen LogP contribution in [-0.2, 0) is 27.8 Å². The van der Waals surface area contributed by atoms with E-state index in [4.69, 9.17) is 4.74 Å². The van der Waals surface area contributed by atoms with Crippen molar-refractivity contribution in [1.29, 1.82) is 5.26 Å². The number of hydrogen-bond acceptors (Lipinski definition) is 5. The quantitative estimate of drug-likeness (QED) is 0.518. The monoisotopic (exact) mass is 490 g/mol. The zero-order valence-corrected chi connectivity index (χ0v) is 20.4. The fourth-order valence-corrected chi connectivity index (χ4v) is 5.57. The minimum Gasteiger partial charge on any atom is -0.488 e. The van der Waals surface area contributed by atoms with Crippen LogP contribution >= 0.6 is 0 Å². The summed E-state index contributed by atoms with van der Waals surface area (Å²) >= 11 is 0. The van der Waals surface area contributed by atoms with Crippen molar-refractivity contribution in [3.63, 3.8) is 0 Å². The second-order valence-corrected chi connectivity index (χ2v) is 11.1. The second kappa shape index (κ2) is 9.53. The van der Waals surface area contributed by atoms with Crippen molar-refractivity contribution >= 4 is 16.0 Å². The maximum Gasteiger partial charge on any atom is 0.318 e. The van der Waals surface area contributed by atoms with Crippen LogP contribution in [0, 0.1) is 11.3 Å². The van der Waals surface area contributed by atoms with Gasteiger partial charge in [-0.25, -0.2) is 8.42 Å². The summed E-state index contributed by atoms with van der Waals surface area (Å²) in [6.07, 6.45) is 1.43. The van der Waals surface area contributed by atoms with Crippen molar-refractivity contribution in [2.45, 2.75) is 43.7 Å². The van der Waals surface area contributed by atoms with E-state index in [9.17, 15) is 23.6 Å². The number of nitrogens with zero attached hydrogens (tertiary/aromatic N) is 2. The second-order valence-electron chi connectivity index (χ2n) is 9.19. The summed E-state index contributed by atoms with van der Waals surface area (Å²) in [6.45, 7) is 3.19. The molecular weight excluding hydrogens is 464 g/mol. The number of hydrogen-bond donors (Lipinski definition) is 1. The van der Waals surface area contributed by atoms with Crippen LogP contribution in [0.1, 0.15) is 37.0 Å². The number of carboxylic acid groups (broad SMARTS) is 1. The van der Waals surface area contributed by atoms with E-state index in [1.54, 1.807) is 42.5 Å². The number of rotatable bonds is 7. The Bertz CT molecular complexity index is 1420. The molecule has 0 saturated heterocycles. The summed E-state index contributed by atoms with van der Waals surface area (Å²) in [6, 6.07) is 21.1. The summed E-state index contributed by atoms with van der Waals surface area (Å²) in [5.74, 6) is -0.591. The Morgan fingerprint density at radius 2 is 1.80 bits per heavy atom. The first-order chi connectivity index (χ1) is 16.6. The molecule has 0 amide bonds. The van der Waals surface area contributed by atoms with Crippen LogP contribution in [0.3, 0.4) is 0 Å². The molecule has 1 heterocycles. The Morgan fingerprint density at radius 3 is 2.51 bits per heavy atom. The van der Waals surface area contributed by atoms with Gasteiger partial charge in [0.2, 0.25) is 10.0 Å². The van der Waals surface area contributed by atoms with E-state index in [-0.39, 0.29) is 17.0 Å². The molecule has 7 nitrogen and oxygen atoms in total. The molecule has 8 heteroatoms. The standard InChI is InChI=1S/C27H26N2O5S/c1-27(2)12-11-23-15-24(9-10-25(23)34-27)35(32,33)29(18-26(30)31)17-20-6-4-8-22(14-20)21-7-3-5-19(13-21)16-28/h3-10,13-15H,11-12,17-18H2,1-2H3,(H,30,31). The molecule has 0 saturated carbocycles. The largest absolute Gasteiger partial charge is 0.488 e. The smallest absolute Gasteiger partial charge is 0.318 e. The van der Waals surface area contributed by atoms with Gasteiger partial charge in [-0.2, -0.15) is 9.57 Å². The SMILES string of the molecule is CC1(C)CCc2cc(S(=O)(=O)N(CC(=O)O)Cc3cccc(-c4cccc(C#N)c4)c3)ccc2O1. The molecule has 1 aliphatic heterocycles. The predicted octanol–water partition coefficient (Wildman–Crippen LogP) is 4.60. The van der Waals surface area contributed by atoms with Crippen LogP contribution in [-0.4, -0.2) is 35.9 Å². The van der Waals surface area contributed by atoms with Gasteiger partial charge in [0.25, 0.3) is 0 Å². The lowest BCUT2D eigenvalue weighted by atomic mass is 9.94. The average molecular weight is 491 g/mol. The Morgan fingerprint density at radius 1 is 1.09 bits per heavy atom. The van der Waals surface area contributed by atoms with Crippen LogP contribution in [0.5, 0.6) is 5.75 Å². The van der Waals surface area contributed by atoms with Gasteiger partial charge in [-0.05, 0) is 85.3 Å². The molecule has 0 bridgehead atoms. The highest BCUT2D eigenvalue weighted by atomic mass is 32.2. The number of aryl methyl sites for hydroxylation is 1. The highest BCUT2D eigenvalue weighted by Crippen LogP contribution is 2.35. The van der Waals surface area contributed by atoms with E-state index in [1.807, 2.05) is 32.0 Å². The molecule has 1 aliphatic rings. The van der Waals surface area contributed by atoms with Gasteiger partial charge in [-0.3, -0.25) is 4.79 Å². The minimum atomic E-state index is -4.09. The molecule has 0 radical (unpaired) electrons. The average Bonchev–Trinajstić information content (AvgIpc) is 2.82. The zero-order chi connectivity index (χ0) is 25.2. The summed E-state index contributed by atoms with van der Waals surface area (Å²) in [5, 5.41) is 18.6. The van der Waals surface area contributed by atoms with Gasteiger partial charge in [0.05, 0.1) is 16.5 Å². The maximum absolute atomic E-state index is 13.5. The third-order valence-corrected chi connectivity index (χ3v) is 7.76. The first kappa shape index (κ1) is 24.5.